The van der Waals surface area contributed by atoms with Crippen molar-refractivity contribution < 1.29 is 19.4 Å². The monoisotopic (exact) mass is 271 g/mol. The van der Waals surface area contributed by atoms with Crippen LogP contribution in [0.2, 0.25) is 0 Å². The van der Waals surface area contributed by atoms with Gasteiger partial charge in [0.2, 0.25) is 0 Å². The highest BCUT2D eigenvalue weighted by molar-refractivity contribution is 5.77. The van der Waals surface area contributed by atoms with Crippen LogP contribution in [0.3, 0.4) is 0 Å². The maximum Gasteiger partial charge on any atom is 0.411 e. The lowest BCUT2D eigenvalue weighted by atomic mass is 10.1. The summed E-state index contributed by atoms with van der Waals surface area (Å²) in [5.74, 6) is -0.991. The van der Waals surface area contributed by atoms with Crippen molar-refractivity contribution >= 4 is 12.1 Å². The summed E-state index contributed by atoms with van der Waals surface area (Å²) < 4.78 is 5.32. The van der Waals surface area contributed by atoms with Gasteiger partial charge in [-0.25, -0.2) is 4.79 Å². The second-order valence-corrected chi connectivity index (χ2v) is 6.15. The fraction of sp³-hybridized carbons (Fsp3) is 0.857. The number of aliphatic carboxylic acids is 1. The van der Waals surface area contributed by atoms with E-state index in [0.717, 1.165) is 38.5 Å². The van der Waals surface area contributed by atoms with E-state index in [1.54, 1.807) is 20.8 Å². The van der Waals surface area contributed by atoms with E-state index in [-0.39, 0.29) is 12.6 Å². The smallest absolute Gasteiger partial charge is 0.411 e. The first-order chi connectivity index (χ1) is 8.79. The molecule has 1 saturated carbocycles. The van der Waals surface area contributed by atoms with Gasteiger partial charge in [-0.2, -0.15) is 0 Å². The molecule has 0 saturated heterocycles. The number of ether oxygens (including phenoxy) is 1. The van der Waals surface area contributed by atoms with Crippen molar-refractivity contribution in [3.05, 3.63) is 0 Å². The van der Waals surface area contributed by atoms with Crippen LogP contribution in [0.25, 0.3) is 0 Å². The van der Waals surface area contributed by atoms with Crippen LogP contribution in [0.5, 0.6) is 0 Å². The molecule has 0 aromatic carbocycles. The number of carbonyl (C=O) groups excluding carboxylic acids is 1. The molecule has 0 spiro atoms. The van der Waals surface area contributed by atoms with Gasteiger partial charge in [-0.1, -0.05) is 25.7 Å². The van der Waals surface area contributed by atoms with Crippen molar-refractivity contribution in [1.29, 1.82) is 0 Å². The fourth-order valence-corrected chi connectivity index (χ4v) is 2.38. The largest absolute Gasteiger partial charge is 0.480 e. The third-order valence-corrected chi connectivity index (χ3v) is 3.20. The lowest BCUT2D eigenvalue weighted by Crippen LogP contribution is -2.45. The minimum atomic E-state index is -0.991. The van der Waals surface area contributed by atoms with Gasteiger partial charge in [0, 0.05) is 6.04 Å². The molecular formula is C14H25NO4. The first kappa shape index (κ1) is 15.8. The molecule has 0 aliphatic heterocycles. The number of amides is 1. The number of hydrogen-bond donors (Lipinski definition) is 1. The quantitative estimate of drug-likeness (QED) is 0.801. The summed E-state index contributed by atoms with van der Waals surface area (Å²) in [6.07, 6.45) is 5.63. The summed E-state index contributed by atoms with van der Waals surface area (Å²) in [5, 5.41) is 8.98. The Morgan fingerprint density at radius 2 is 1.68 bits per heavy atom. The molecule has 19 heavy (non-hydrogen) atoms. The van der Waals surface area contributed by atoms with Gasteiger partial charge in [0.15, 0.2) is 0 Å². The molecule has 0 bridgehead atoms. The predicted molar refractivity (Wildman–Crippen MR) is 72.1 cm³/mol. The number of hydrogen-bond acceptors (Lipinski definition) is 3. The highest BCUT2D eigenvalue weighted by Gasteiger charge is 2.30. The van der Waals surface area contributed by atoms with Crippen molar-refractivity contribution in [2.24, 2.45) is 0 Å². The molecular weight excluding hydrogens is 246 g/mol. The second-order valence-electron chi connectivity index (χ2n) is 6.15. The number of carbonyl (C=O) groups is 2. The van der Waals surface area contributed by atoms with Crippen LogP contribution in [-0.2, 0) is 9.53 Å². The van der Waals surface area contributed by atoms with E-state index < -0.39 is 17.7 Å². The average molecular weight is 271 g/mol. The Morgan fingerprint density at radius 1 is 1.16 bits per heavy atom. The van der Waals surface area contributed by atoms with Gasteiger partial charge in [0.25, 0.3) is 0 Å². The lowest BCUT2D eigenvalue weighted by molar-refractivity contribution is -0.139. The van der Waals surface area contributed by atoms with Crippen LogP contribution in [-0.4, -0.2) is 40.3 Å². The second kappa shape index (κ2) is 6.78. The van der Waals surface area contributed by atoms with Gasteiger partial charge in [0.05, 0.1) is 0 Å². The molecule has 0 radical (unpaired) electrons. The van der Waals surface area contributed by atoms with E-state index in [1.807, 2.05) is 0 Å². The molecule has 1 fully saturated rings. The van der Waals surface area contributed by atoms with Crippen molar-refractivity contribution in [2.45, 2.75) is 70.9 Å². The molecule has 0 unspecified atom stereocenters. The zero-order valence-corrected chi connectivity index (χ0v) is 12.1. The molecule has 1 amide bonds. The van der Waals surface area contributed by atoms with Crippen LogP contribution < -0.4 is 0 Å². The topological polar surface area (TPSA) is 66.8 Å². The van der Waals surface area contributed by atoms with Gasteiger partial charge in [-0.05, 0) is 33.6 Å². The molecule has 1 N–H and O–H groups in total. The number of carboxylic acids is 1. The minimum Gasteiger partial charge on any atom is -0.480 e. The zero-order valence-electron chi connectivity index (χ0n) is 12.1. The van der Waals surface area contributed by atoms with Crippen LogP contribution in [0, 0.1) is 0 Å². The SMILES string of the molecule is CC(C)(C)OC(=O)N(CC(=O)O)C1CCCCCC1. The van der Waals surface area contributed by atoms with Gasteiger partial charge < -0.3 is 9.84 Å². The van der Waals surface area contributed by atoms with Gasteiger partial charge >= 0.3 is 12.1 Å². The molecule has 5 heteroatoms. The van der Waals surface area contributed by atoms with E-state index in [0.29, 0.717) is 0 Å². The number of carboxylic acid groups (broad SMARTS) is 1. The average Bonchev–Trinajstić information content (AvgIpc) is 2.51. The zero-order chi connectivity index (χ0) is 14.5. The maximum atomic E-state index is 12.1. The Balaban J connectivity index is 2.74. The summed E-state index contributed by atoms with van der Waals surface area (Å²) in [7, 11) is 0. The van der Waals surface area contributed by atoms with Crippen molar-refractivity contribution in [3.8, 4) is 0 Å². The van der Waals surface area contributed by atoms with E-state index in [4.69, 9.17) is 9.84 Å². The van der Waals surface area contributed by atoms with Crippen molar-refractivity contribution in [1.82, 2.24) is 4.90 Å². The predicted octanol–water partition coefficient (Wildman–Crippen LogP) is 3.03. The summed E-state index contributed by atoms with van der Waals surface area (Å²) in [4.78, 5) is 24.5. The van der Waals surface area contributed by atoms with Gasteiger partial charge in [0.1, 0.15) is 12.1 Å². The Kier molecular flexibility index (Phi) is 5.63. The Bertz CT molecular complexity index is 314. The molecule has 1 aliphatic carbocycles. The summed E-state index contributed by atoms with van der Waals surface area (Å²) in [6.45, 7) is 5.09. The molecule has 0 aromatic heterocycles. The number of rotatable bonds is 3. The number of nitrogens with zero attached hydrogens (tertiary/aromatic N) is 1. The molecule has 5 nitrogen and oxygen atoms in total. The highest BCUT2D eigenvalue weighted by Crippen LogP contribution is 2.23. The molecule has 110 valence electrons. The summed E-state index contributed by atoms with van der Waals surface area (Å²) in [6, 6.07) is -0.00606. The van der Waals surface area contributed by atoms with Crippen LogP contribution in [0.15, 0.2) is 0 Å². The molecule has 1 rings (SSSR count). The molecule has 0 aromatic rings. The lowest BCUT2D eigenvalue weighted by Gasteiger charge is -2.32. The highest BCUT2D eigenvalue weighted by atomic mass is 16.6. The Hall–Kier alpha value is -1.26. The van der Waals surface area contributed by atoms with Crippen LogP contribution in [0.4, 0.5) is 4.79 Å². The van der Waals surface area contributed by atoms with E-state index in [2.05, 4.69) is 0 Å². The maximum absolute atomic E-state index is 12.1. The Morgan fingerprint density at radius 3 is 2.11 bits per heavy atom. The normalized spacial score (nSPS) is 17.6. The fourth-order valence-electron chi connectivity index (χ4n) is 2.38. The minimum absolute atomic E-state index is 0.00606. The third-order valence-electron chi connectivity index (χ3n) is 3.20. The van der Waals surface area contributed by atoms with Gasteiger partial charge in [-0.15, -0.1) is 0 Å². The Labute approximate surface area is 114 Å². The van der Waals surface area contributed by atoms with Gasteiger partial charge in [-0.3, -0.25) is 9.69 Å². The third kappa shape index (κ3) is 5.94. The van der Waals surface area contributed by atoms with Crippen molar-refractivity contribution in [2.75, 3.05) is 6.54 Å². The summed E-state index contributed by atoms with van der Waals surface area (Å²) in [5.41, 5.74) is -0.599. The first-order valence-electron chi connectivity index (χ1n) is 7.01. The summed E-state index contributed by atoms with van der Waals surface area (Å²) >= 11 is 0. The van der Waals surface area contributed by atoms with Crippen molar-refractivity contribution in [3.63, 3.8) is 0 Å². The van der Waals surface area contributed by atoms with E-state index in [9.17, 15) is 9.59 Å². The van der Waals surface area contributed by atoms with E-state index in [1.165, 1.54) is 4.90 Å². The van der Waals surface area contributed by atoms with E-state index >= 15 is 0 Å². The van der Waals surface area contributed by atoms with Crippen LogP contribution in [0.1, 0.15) is 59.3 Å². The first-order valence-corrected chi connectivity index (χ1v) is 7.01. The standard InChI is InChI=1S/C14H25NO4/c1-14(2,3)19-13(18)15(10-12(16)17)11-8-6-4-5-7-9-11/h11H,4-10H2,1-3H3,(H,16,17). The van der Waals surface area contributed by atoms with Crippen LogP contribution >= 0.6 is 0 Å². The molecule has 0 atom stereocenters. The molecule has 0 heterocycles. The molecule has 1 aliphatic rings.